The summed E-state index contributed by atoms with van der Waals surface area (Å²) < 4.78 is 61.0. The number of benzene rings is 1. The summed E-state index contributed by atoms with van der Waals surface area (Å²) in [6.45, 7) is 5.33. The fraction of sp³-hybridized carbons (Fsp3) is 0.609. The van der Waals surface area contributed by atoms with Gasteiger partial charge in [0.25, 0.3) is 0 Å². The van der Waals surface area contributed by atoms with Crippen LogP contribution in [0, 0.1) is 23.3 Å². The lowest BCUT2D eigenvalue weighted by atomic mass is 9.86. The Hall–Kier alpha value is -2.49. The van der Waals surface area contributed by atoms with Gasteiger partial charge in [-0.2, -0.15) is 8.78 Å². The summed E-state index contributed by atoms with van der Waals surface area (Å²) in [5, 5.41) is 11.8. The minimum Gasteiger partial charge on any atom is -0.479 e. The zero-order valence-electron chi connectivity index (χ0n) is 19.6. The van der Waals surface area contributed by atoms with E-state index >= 15 is 0 Å². The van der Waals surface area contributed by atoms with Crippen LogP contribution in [0.4, 0.5) is 17.6 Å². The topological polar surface area (TPSA) is 69.0 Å². The summed E-state index contributed by atoms with van der Waals surface area (Å²) in [5.41, 5.74) is 0.315. The molecule has 0 amide bonds. The van der Waals surface area contributed by atoms with E-state index in [4.69, 9.17) is 4.74 Å². The number of ketones is 1. The molecule has 0 aliphatic carbocycles. The Morgan fingerprint density at radius 1 is 1.09 bits per heavy atom. The minimum atomic E-state index is -1.69. The third-order valence-electron chi connectivity index (χ3n) is 5.79. The van der Waals surface area contributed by atoms with E-state index in [2.05, 4.69) is 29.5 Å². The fourth-order valence-corrected chi connectivity index (χ4v) is 4.02. The van der Waals surface area contributed by atoms with Gasteiger partial charge in [-0.1, -0.05) is 51.7 Å². The van der Waals surface area contributed by atoms with Crippen molar-refractivity contribution in [1.82, 2.24) is 20.3 Å². The predicted molar refractivity (Wildman–Crippen MR) is 116 cm³/mol. The van der Waals surface area contributed by atoms with Gasteiger partial charge in [-0.15, -0.1) is 5.10 Å². The SMILES string of the molecule is CCCCC(C(=O)COc1c(F)c(F)cc(F)c1F)n1cc(C(CCC)(CCC)NC)nn1. The molecular weight excluding hydrogens is 440 g/mol. The standard InChI is InChI=1S/C23H32F4N4O2/c1-5-8-9-17(18(32)14-33-22-20(26)15(24)12-16(25)21(22)27)31-13-19(29-30-31)23(28-4,10-6-2)11-7-3/h12-13,17,28H,5-11,14H2,1-4H3. The number of nitrogens with one attached hydrogen (secondary N) is 1. The third-order valence-corrected chi connectivity index (χ3v) is 5.79. The molecule has 1 atom stereocenters. The van der Waals surface area contributed by atoms with Crippen molar-refractivity contribution < 1.29 is 27.1 Å². The van der Waals surface area contributed by atoms with E-state index in [0.717, 1.165) is 32.1 Å². The average Bonchev–Trinajstić information content (AvgIpc) is 3.28. The lowest BCUT2D eigenvalue weighted by molar-refractivity contribution is -0.124. The Morgan fingerprint density at radius 2 is 1.70 bits per heavy atom. The monoisotopic (exact) mass is 472 g/mol. The van der Waals surface area contributed by atoms with Crippen molar-refractivity contribution in [1.29, 1.82) is 0 Å². The zero-order valence-corrected chi connectivity index (χ0v) is 19.6. The summed E-state index contributed by atoms with van der Waals surface area (Å²) in [6.07, 6.45) is 7.09. The molecule has 6 nitrogen and oxygen atoms in total. The maximum absolute atomic E-state index is 13.9. The Labute approximate surface area is 191 Å². The molecule has 0 fully saturated rings. The van der Waals surface area contributed by atoms with Crippen molar-refractivity contribution in [3.8, 4) is 5.75 Å². The van der Waals surface area contributed by atoms with E-state index in [9.17, 15) is 22.4 Å². The molecule has 0 spiro atoms. The number of halogens is 4. The first kappa shape index (κ1) is 26.8. The van der Waals surface area contributed by atoms with Gasteiger partial charge in [0.2, 0.25) is 11.6 Å². The second-order valence-electron chi connectivity index (χ2n) is 8.13. The van der Waals surface area contributed by atoms with Crippen LogP contribution in [0.25, 0.3) is 0 Å². The van der Waals surface area contributed by atoms with Gasteiger partial charge in [0.1, 0.15) is 18.3 Å². The van der Waals surface area contributed by atoms with Crippen LogP contribution in [-0.2, 0) is 10.3 Å². The largest absolute Gasteiger partial charge is 0.479 e. The van der Waals surface area contributed by atoms with Crippen molar-refractivity contribution in [2.24, 2.45) is 0 Å². The number of rotatable bonds is 14. The molecule has 2 aromatic rings. The van der Waals surface area contributed by atoms with Gasteiger partial charge in [0.15, 0.2) is 23.2 Å². The summed E-state index contributed by atoms with van der Waals surface area (Å²) >= 11 is 0. The Kier molecular flexibility index (Phi) is 9.82. The first-order valence-corrected chi connectivity index (χ1v) is 11.3. The van der Waals surface area contributed by atoms with Crippen molar-refractivity contribution in [2.45, 2.75) is 77.3 Å². The number of unbranched alkanes of at least 4 members (excludes halogenated alkanes) is 1. The van der Waals surface area contributed by atoms with E-state index in [1.165, 1.54) is 4.68 Å². The van der Waals surface area contributed by atoms with E-state index in [1.54, 1.807) is 6.20 Å². The Bertz CT molecular complexity index is 903. The van der Waals surface area contributed by atoms with E-state index in [1.807, 2.05) is 14.0 Å². The van der Waals surface area contributed by atoms with Crippen LogP contribution in [0.1, 0.15) is 77.5 Å². The molecule has 1 heterocycles. The highest BCUT2D eigenvalue weighted by atomic mass is 19.2. The van der Waals surface area contributed by atoms with Crippen molar-refractivity contribution in [3.05, 3.63) is 41.2 Å². The minimum absolute atomic E-state index is 0.0843. The number of Topliss-reactive ketones (excluding diaryl/α,β-unsaturated/α-hetero) is 1. The van der Waals surface area contributed by atoms with Crippen LogP contribution in [0.5, 0.6) is 5.75 Å². The van der Waals surface area contributed by atoms with Crippen LogP contribution in [0.3, 0.4) is 0 Å². The molecule has 0 saturated carbocycles. The summed E-state index contributed by atoms with van der Waals surface area (Å²) in [7, 11) is 1.86. The smallest absolute Gasteiger partial charge is 0.203 e. The van der Waals surface area contributed by atoms with Crippen molar-refractivity contribution in [3.63, 3.8) is 0 Å². The maximum Gasteiger partial charge on any atom is 0.203 e. The molecule has 0 bridgehead atoms. The number of carbonyl (C=O) groups is 1. The normalized spacial score (nSPS) is 12.7. The van der Waals surface area contributed by atoms with E-state index in [-0.39, 0.29) is 11.6 Å². The molecular formula is C23H32F4N4O2. The molecule has 1 aromatic carbocycles. The fourth-order valence-electron chi connectivity index (χ4n) is 4.02. The van der Waals surface area contributed by atoms with Gasteiger partial charge < -0.3 is 10.1 Å². The van der Waals surface area contributed by atoms with Crippen molar-refractivity contribution >= 4 is 5.78 Å². The highest BCUT2D eigenvalue weighted by Gasteiger charge is 2.33. The Balaban J connectivity index is 2.29. The van der Waals surface area contributed by atoms with E-state index < -0.39 is 47.5 Å². The highest BCUT2D eigenvalue weighted by Crippen LogP contribution is 2.31. The summed E-state index contributed by atoms with van der Waals surface area (Å²) in [6, 6.07) is -0.713. The molecule has 1 aromatic heterocycles. The second-order valence-corrected chi connectivity index (χ2v) is 8.13. The summed E-state index contributed by atoms with van der Waals surface area (Å²) in [4.78, 5) is 12.9. The van der Waals surface area contributed by atoms with Crippen molar-refractivity contribution in [2.75, 3.05) is 13.7 Å². The zero-order chi connectivity index (χ0) is 24.6. The van der Waals surface area contributed by atoms with Crippen LogP contribution >= 0.6 is 0 Å². The molecule has 0 saturated heterocycles. The number of aromatic nitrogens is 3. The number of hydrogen-bond acceptors (Lipinski definition) is 5. The molecule has 0 aliphatic rings. The lowest BCUT2D eigenvalue weighted by Gasteiger charge is -2.31. The number of nitrogens with zero attached hydrogens (tertiary/aromatic N) is 3. The molecule has 10 heteroatoms. The highest BCUT2D eigenvalue weighted by molar-refractivity contribution is 5.84. The molecule has 1 unspecified atom stereocenters. The van der Waals surface area contributed by atoms with Crippen LogP contribution in [0.15, 0.2) is 12.3 Å². The molecule has 1 N–H and O–H groups in total. The molecule has 33 heavy (non-hydrogen) atoms. The molecule has 184 valence electrons. The third kappa shape index (κ3) is 6.10. The first-order valence-electron chi connectivity index (χ1n) is 11.3. The molecule has 2 rings (SSSR count). The number of carbonyl (C=O) groups excluding carboxylic acids is 1. The lowest BCUT2D eigenvalue weighted by Crippen LogP contribution is -2.40. The van der Waals surface area contributed by atoms with Gasteiger partial charge >= 0.3 is 0 Å². The van der Waals surface area contributed by atoms with Gasteiger partial charge in [-0.25, -0.2) is 13.5 Å². The Morgan fingerprint density at radius 3 is 2.21 bits per heavy atom. The van der Waals surface area contributed by atoms with Gasteiger partial charge in [0.05, 0.1) is 11.7 Å². The quantitative estimate of drug-likeness (QED) is 0.301. The van der Waals surface area contributed by atoms with Crippen LogP contribution in [0.2, 0.25) is 0 Å². The first-order chi connectivity index (χ1) is 15.7. The second kappa shape index (κ2) is 12.1. The van der Waals surface area contributed by atoms with Gasteiger partial charge in [-0.3, -0.25) is 4.79 Å². The van der Waals surface area contributed by atoms with Gasteiger partial charge in [0, 0.05) is 6.07 Å². The summed E-state index contributed by atoms with van der Waals surface area (Å²) in [5.74, 6) is -8.37. The van der Waals surface area contributed by atoms with Crippen LogP contribution in [-0.4, -0.2) is 34.4 Å². The predicted octanol–water partition coefficient (Wildman–Crippen LogP) is 5.23. The number of hydrogen-bond donors (Lipinski definition) is 1. The van der Waals surface area contributed by atoms with Gasteiger partial charge in [-0.05, 0) is 26.3 Å². The molecule has 0 aliphatic heterocycles. The average molecular weight is 473 g/mol. The number of ether oxygens (including phenoxy) is 1. The maximum atomic E-state index is 13.9. The van der Waals surface area contributed by atoms with E-state index in [0.29, 0.717) is 18.5 Å². The molecule has 0 radical (unpaired) electrons. The van der Waals surface area contributed by atoms with Crippen LogP contribution < -0.4 is 10.1 Å².